The molecule has 0 radical (unpaired) electrons. The number of hydrogen-bond donors (Lipinski definition) is 3. The third kappa shape index (κ3) is 7.12. The maximum atomic E-state index is 12.0. The Morgan fingerprint density at radius 2 is 1.74 bits per heavy atom. The monoisotopic (exact) mass is 325 g/mol. The van der Waals surface area contributed by atoms with E-state index in [1.54, 1.807) is 0 Å². The van der Waals surface area contributed by atoms with Crippen LogP contribution in [0.1, 0.15) is 59.3 Å². The van der Waals surface area contributed by atoms with Crippen molar-refractivity contribution in [3.63, 3.8) is 0 Å². The predicted octanol–water partition coefficient (Wildman–Crippen LogP) is 1.14. The highest BCUT2D eigenvalue weighted by Crippen LogP contribution is 2.21. The molecule has 1 aliphatic carbocycles. The minimum absolute atomic E-state index is 0.160. The first-order valence-electron chi connectivity index (χ1n) is 8.88. The molecule has 0 bridgehead atoms. The van der Waals surface area contributed by atoms with Crippen LogP contribution in [0, 0.1) is 5.92 Å². The Balaban J connectivity index is 0.000000816. The summed E-state index contributed by atoms with van der Waals surface area (Å²) < 4.78 is 0. The summed E-state index contributed by atoms with van der Waals surface area (Å²) in [6.45, 7) is 6.96. The zero-order valence-corrected chi connectivity index (χ0v) is 14.6. The number of ketones is 1. The van der Waals surface area contributed by atoms with E-state index >= 15 is 0 Å². The fourth-order valence-corrected chi connectivity index (χ4v) is 2.60. The molecule has 23 heavy (non-hydrogen) atoms. The molecule has 3 N–H and O–H groups in total. The van der Waals surface area contributed by atoms with Crippen LogP contribution in [0.5, 0.6) is 0 Å². The summed E-state index contributed by atoms with van der Waals surface area (Å²) >= 11 is 0. The van der Waals surface area contributed by atoms with Gasteiger partial charge in [-0.3, -0.25) is 14.4 Å². The van der Waals surface area contributed by atoms with Crippen LogP contribution in [0.3, 0.4) is 0 Å². The number of Topliss-reactive ketones (excluding diaryl/α,β-unsaturated/α-hetero) is 1. The lowest BCUT2D eigenvalue weighted by molar-refractivity contribution is -0.138. The van der Waals surface area contributed by atoms with Crippen molar-refractivity contribution in [3.8, 4) is 0 Å². The molecule has 2 fully saturated rings. The van der Waals surface area contributed by atoms with Gasteiger partial charge in [0.05, 0.1) is 12.6 Å². The first-order valence-corrected chi connectivity index (χ1v) is 8.88. The number of nitrogens with one attached hydrogen (secondary N) is 3. The van der Waals surface area contributed by atoms with Gasteiger partial charge in [-0.1, -0.05) is 33.6 Å². The van der Waals surface area contributed by atoms with E-state index in [0.717, 1.165) is 38.6 Å². The van der Waals surface area contributed by atoms with Crippen LogP contribution in [0.15, 0.2) is 0 Å². The van der Waals surface area contributed by atoms with Gasteiger partial charge in [0.2, 0.25) is 11.7 Å². The average Bonchev–Trinajstić information content (AvgIpc) is 3.21. The lowest BCUT2D eigenvalue weighted by atomic mass is 9.95. The second kappa shape index (κ2) is 10.4. The quantitative estimate of drug-likeness (QED) is 0.613. The molecule has 0 aromatic rings. The highest BCUT2D eigenvalue weighted by molar-refractivity contribution is 6.37. The zero-order chi connectivity index (χ0) is 17.2. The predicted molar refractivity (Wildman–Crippen MR) is 90.0 cm³/mol. The fraction of sp³-hybridized carbons (Fsp3) is 0.824. The molecular formula is C17H31N3O3. The van der Waals surface area contributed by atoms with Crippen molar-refractivity contribution in [1.29, 1.82) is 0 Å². The van der Waals surface area contributed by atoms with Crippen LogP contribution < -0.4 is 16.0 Å². The first kappa shape index (κ1) is 19.6. The minimum Gasteiger partial charge on any atom is -0.347 e. The lowest BCUT2D eigenvalue weighted by Crippen LogP contribution is -2.47. The Bertz CT molecular complexity index is 408. The number of carbonyl (C=O) groups is 3. The van der Waals surface area contributed by atoms with Gasteiger partial charge >= 0.3 is 0 Å². The summed E-state index contributed by atoms with van der Waals surface area (Å²) in [6.07, 6.45) is 6.16. The minimum atomic E-state index is -0.586. The molecule has 132 valence electrons. The fourth-order valence-electron chi connectivity index (χ4n) is 2.60. The normalized spacial score (nSPS) is 22.7. The third-order valence-corrected chi connectivity index (χ3v) is 3.88. The number of hydrogen-bond acceptors (Lipinski definition) is 4. The molecule has 2 amide bonds. The van der Waals surface area contributed by atoms with Gasteiger partial charge in [0.15, 0.2) is 0 Å². The molecule has 1 saturated heterocycles. The van der Waals surface area contributed by atoms with Crippen LogP contribution in [0.25, 0.3) is 0 Å². The van der Waals surface area contributed by atoms with Crippen LogP contribution in [-0.2, 0) is 14.4 Å². The summed E-state index contributed by atoms with van der Waals surface area (Å²) in [5.41, 5.74) is 0. The van der Waals surface area contributed by atoms with Gasteiger partial charge in [0.25, 0.3) is 5.91 Å². The van der Waals surface area contributed by atoms with Gasteiger partial charge in [-0.2, -0.15) is 0 Å². The summed E-state index contributed by atoms with van der Waals surface area (Å²) in [5.74, 6) is -1.00. The highest BCUT2D eigenvalue weighted by Gasteiger charge is 2.32. The van der Waals surface area contributed by atoms with E-state index in [2.05, 4.69) is 36.7 Å². The van der Waals surface area contributed by atoms with E-state index < -0.39 is 11.7 Å². The van der Waals surface area contributed by atoms with Crippen LogP contribution in [0.2, 0.25) is 0 Å². The van der Waals surface area contributed by atoms with E-state index in [-0.39, 0.29) is 24.5 Å². The van der Waals surface area contributed by atoms with Crippen molar-refractivity contribution in [1.82, 2.24) is 16.0 Å². The summed E-state index contributed by atoms with van der Waals surface area (Å²) in [5, 5.41) is 8.36. The van der Waals surface area contributed by atoms with Gasteiger partial charge < -0.3 is 16.0 Å². The van der Waals surface area contributed by atoms with Gasteiger partial charge in [-0.05, 0) is 38.1 Å². The topological polar surface area (TPSA) is 87.3 Å². The lowest BCUT2D eigenvalue weighted by Gasteiger charge is -2.18. The van der Waals surface area contributed by atoms with Crippen LogP contribution >= 0.6 is 0 Å². The molecule has 2 rings (SSSR count). The molecule has 2 aliphatic rings. The van der Waals surface area contributed by atoms with E-state index in [1.165, 1.54) is 6.42 Å². The second-order valence-electron chi connectivity index (χ2n) is 6.37. The number of carbonyl (C=O) groups excluding carboxylic acids is 3. The van der Waals surface area contributed by atoms with Crippen molar-refractivity contribution >= 4 is 17.6 Å². The Labute approximate surface area is 139 Å². The number of rotatable bonds is 7. The molecular weight excluding hydrogens is 294 g/mol. The van der Waals surface area contributed by atoms with E-state index in [4.69, 9.17) is 0 Å². The Hall–Kier alpha value is -1.43. The molecule has 6 heteroatoms. The van der Waals surface area contributed by atoms with Crippen molar-refractivity contribution in [3.05, 3.63) is 0 Å². The van der Waals surface area contributed by atoms with Crippen LogP contribution in [0.4, 0.5) is 0 Å². The Morgan fingerprint density at radius 1 is 1.09 bits per heavy atom. The first-order chi connectivity index (χ1) is 11.0. The van der Waals surface area contributed by atoms with Gasteiger partial charge in [0, 0.05) is 6.04 Å². The standard InChI is InChI=1S/C14H23N3O3.C3H8/c1-2-3-9-6-7-15-12(9)14(20)16-8-11(18)13(19)17-10-4-5-10;1-3-2/h9-10,12,15H,2-8H2,1H3,(H,16,20)(H,17,19);3H2,1-2H3/t9-,12-;/m0./s1. The number of amides is 2. The van der Waals surface area contributed by atoms with Crippen LogP contribution in [-0.4, -0.2) is 42.8 Å². The molecule has 0 aromatic heterocycles. The SMILES string of the molecule is CCC.CCC[C@H]1CCN[C@@H]1C(=O)NCC(=O)C(=O)NC1CC1. The van der Waals surface area contributed by atoms with E-state index in [0.29, 0.717) is 5.92 Å². The maximum Gasteiger partial charge on any atom is 0.289 e. The van der Waals surface area contributed by atoms with Crippen molar-refractivity contribution in [2.45, 2.75) is 71.4 Å². The molecule has 0 aromatic carbocycles. The van der Waals surface area contributed by atoms with Crippen molar-refractivity contribution < 1.29 is 14.4 Å². The van der Waals surface area contributed by atoms with Crippen molar-refractivity contribution in [2.24, 2.45) is 5.92 Å². The third-order valence-electron chi connectivity index (χ3n) is 3.88. The molecule has 1 saturated carbocycles. The summed E-state index contributed by atoms with van der Waals surface area (Å²) in [7, 11) is 0. The summed E-state index contributed by atoms with van der Waals surface area (Å²) in [6, 6.07) is -0.0678. The molecule has 2 atom stereocenters. The summed E-state index contributed by atoms with van der Waals surface area (Å²) in [4.78, 5) is 35.1. The molecule has 1 aliphatic heterocycles. The molecule has 1 heterocycles. The van der Waals surface area contributed by atoms with E-state index in [9.17, 15) is 14.4 Å². The smallest absolute Gasteiger partial charge is 0.289 e. The molecule has 6 nitrogen and oxygen atoms in total. The van der Waals surface area contributed by atoms with Gasteiger partial charge in [0.1, 0.15) is 0 Å². The second-order valence-corrected chi connectivity index (χ2v) is 6.37. The maximum absolute atomic E-state index is 12.0. The van der Waals surface area contributed by atoms with E-state index in [1.807, 2.05) is 0 Å². The largest absolute Gasteiger partial charge is 0.347 e. The Morgan fingerprint density at radius 3 is 2.30 bits per heavy atom. The highest BCUT2D eigenvalue weighted by atomic mass is 16.2. The Kier molecular flexibility index (Phi) is 8.84. The average molecular weight is 325 g/mol. The van der Waals surface area contributed by atoms with Gasteiger partial charge in [-0.15, -0.1) is 0 Å². The molecule has 0 unspecified atom stereocenters. The molecule has 0 spiro atoms. The van der Waals surface area contributed by atoms with Gasteiger partial charge in [-0.25, -0.2) is 0 Å². The zero-order valence-electron chi connectivity index (χ0n) is 14.6. The van der Waals surface area contributed by atoms with Crippen molar-refractivity contribution in [2.75, 3.05) is 13.1 Å².